The van der Waals surface area contributed by atoms with Gasteiger partial charge in [0.2, 0.25) is 15.9 Å². The largest absolute Gasteiger partial charge is 0.344 e. The van der Waals surface area contributed by atoms with Gasteiger partial charge in [0.05, 0.1) is 11.4 Å². The van der Waals surface area contributed by atoms with Gasteiger partial charge in [-0.05, 0) is 31.8 Å². The fourth-order valence-corrected chi connectivity index (χ4v) is 4.77. The quantitative estimate of drug-likeness (QED) is 0.874. The molecule has 1 fully saturated rings. The molecule has 2 aromatic heterocycles. The summed E-state index contributed by atoms with van der Waals surface area (Å²) in [5.74, 6) is 1.19. The van der Waals surface area contributed by atoms with Gasteiger partial charge < -0.3 is 9.42 Å². The number of aromatic amines is 1. The van der Waals surface area contributed by atoms with E-state index in [1.807, 2.05) is 14.1 Å². The lowest BCUT2D eigenvalue weighted by Crippen LogP contribution is -2.38. The van der Waals surface area contributed by atoms with Gasteiger partial charge in [-0.1, -0.05) is 0 Å². The van der Waals surface area contributed by atoms with E-state index in [2.05, 4.69) is 20.3 Å². The Kier molecular flexibility index (Phi) is 4.35. The molecule has 1 saturated heterocycles. The van der Waals surface area contributed by atoms with E-state index in [1.165, 1.54) is 4.31 Å². The van der Waals surface area contributed by atoms with Crippen LogP contribution in [0.25, 0.3) is 0 Å². The molecule has 1 N–H and O–H groups in total. The van der Waals surface area contributed by atoms with Crippen molar-refractivity contribution in [2.75, 3.05) is 32.1 Å². The topological polar surface area (TPSA) is 108 Å². The third kappa shape index (κ3) is 2.91. The molecular formula is C14H22N6O3S. The van der Waals surface area contributed by atoms with Gasteiger partial charge in [-0.25, -0.2) is 8.42 Å². The Morgan fingerprint density at radius 1 is 1.25 bits per heavy atom. The van der Waals surface area contributed by atoms with Crippen molar-refractivity contribution in [3.63, 3.8) is 0 Å². The van der Waals surface area contributed by atoms with E-state index in [0.29, 0.717) is 49.2 Å². The van der Waals surface area contributed by atoms with Crippen molar-refractivity contribution in [2.24, 2.45) is 0 Å². The van der Waals surface area contributed by atoms with Crippen LogP contribution in [0.15, 0.2) is 9.42 Å². The van der Waals surface area contributed by atoms with Gasteiger partial charge in [0.1, 0.15) is 4.90 Å². The summed E-state index contributed by atoms with van der Waals surface area (Å²) < 4.78 is 32.5. The lowest BCUT2D eigenvalue weighted by Gasteiger charge is -2.29. The molecule has 0 saturated carbocycles. The SMILES string of the molecule is Cc1n[nH]c(C)c1S(=O)(=O)N1CCC(c2nc(N(C)C)no2)CC1. The Morgan fingerprint density at radius 2 is 1.92 bits per heavy atom. The number of rotatable bonds is 4. The standard InChI is InChI=1S/C14H22N6O3S/c1-9-12(10(2)17-16-9)24(21,22)20-7-5-11(6-8-20)13-15-14(18-23-13)19(3)4/h11H,5-8H2,1-4H3,(H,16,17). The van der Waals surface area contributed by atoms with Gasteiger partial charge in [-0.2, -0.15) is 14.4 Å². The predicted octanol–water partition coefficient (Wildman–Crippen LogP) is 1.04. The molecule has 132 valence electrons. The van der Waals surface area contributed by atoms with E-state index in [-0.39, 0.29) is 10.8 Å². The molecule has 2 aromatic rings. The fraction of sp³-hybridized carbons (Fsp3) is 0.643. The Labute approximate surface area is 141 Å². The lowest BCUT2D eigenvalue weighted by molar-refractivity contribution is 0.270. The number of aryl methyl sites for hydroxylation is 2. The molecule has 0 spiro atoms. The van der Waals surface area contributed by atoms with E-state index in [4.69, 9.17) is 4.52 Å². The third-order valence-corrected chi connectivity index (χ3v) is 6.46. The van der Waals surface area contributed by atoms with E-state index >= 15 is 0 Å². The number of sulfonamides is 1. The number of piperidine rings is 1. The first-order valence-corrected chi connectivity index (χ1v) is 9.27. The van der Waals surface area contributed by atoms with Crippen molar-refractivity contribution in [2.45, 2.75) is 37.5 Å². The Hall–Kier alpha value is -1.94. The maximum atomic E-state index is 12.8. The molecule has 0 bridgehead atoms. The first-order chi connectivity index (χ1) is 11.3. The minimum absolute atomic E-state index is 0.0872. The molecular weight excluding hydrogens is 332 g/mol. The average molecular weight is 354 g/mol. The van der Waals surface area contributed by atoms with Crippen LogP contribution in [0.2, 0.25) is 0 Å². The molecule has 0 aromatic carbocycles. The summed E-state index contributed by atoms with van der Waals surface area (Å²) >= 11 is 0. The van der Waals surface area contributed by atoms with E-state index in [0.717, 1.165) is 0 Å². The fourth-order valence-electron chi connectivity index (χ4n) is 2.97. The molecule has 3 heterocycles. The summed E-state index contributed by atoms with van der Waals surface area (Å²) in [6.45, 7) is 4.28. The minimum Gasteiger partial charge on any atom is -0.344 e. The molecule has 0 atom stereocenters. The predicted molar refractivity (Wildman–Crippen MR) is 87.4 cm³/mol. The van der Waals surface area contributed by atoms with Crippen molar-refractivity contribution in [1.29, 1.82) is 0 Å². The minimum atomic E-state index is -3.53. The van der Waals surface area contributed by atoms with Gasteiger partial charge >= 0.3 is 0 Å². The monoisotopic (exact) mass is 354 g/mol. The van der Waals surface area contributed by atoms with E-state index in [1.54, 1.807) is 18.7 Å². The summed E-state index contributed by atoms with van der Waals surface area (Å²) in [7, 11) is 0.164. The molecule has 10 heteroatoms. The van der Waals surface area contributed by atoms with Crippen LogP contribution in [-0.2, 0) is 10.0 Å². The Morgan fingerprint density at radius 3 is 2.42 bits per heavy atom. The first-order valence-electron chi connectivity index (χ1n) is 7.83. The maximum Gasteiger partial charge on any atom is 0.265 e. The number of H-pyrrole nitrogens is 1. The van der Waals surface area contributed by atoms with Crippen LogP contribution in [0.5, 0.6) is 0 Å². The second-order valence-electron chi connectivity index (χ2n) is 6.27. The number of hydrogen-bond donors (Lipinski definition) is 1. The molecule has 1 aliphatic rings. The lowest BCUT2D eigenvalue weighted by atomic mass is 9.98. The van der Waals surface area contributed by atoms with Crippen LogP contribution in [0.1, 0.15) is 36.0 Å². The molecule has 24 heavy (non-hydrogen) atoms. The highest BCUT2D eigenvalue weighted by atomic mass is 32.2. The second-order valence-corrected chi connectivity index (χ2v) is 8.14. The molecule has 0 unspecified atom stereocenters. The van der Waals surface area contributed by atoms with Crippen LogP contribution < -0.4 is 4.90 Å². The summed E-state index contributed by atoms with van der Waals surface area (Å²) in [5.41, 5.74) is 1.07. The molecule has 9 nitrogen and oxygen atoms in total. The molecule has 1 aliphatic heterocycles. The third-order valence-electron chi connectivity index (χ3n) is 4.29. The van der Waals surface area contributed by atoms with Gasteiger partial charge in [-0.3, -0.25) is 5.10 Å². The zero-order chi connectivity index (χ0) is 17.5. The first kappa shape index (κ1) is 16.9. The number of nitrogens with one attached hydrogen (secondary N) is 1. The van der Waals surface area contributed by atoms with Crippen LogP contribution in [0.3, 0.4) is 0 Å². The van der Waals surface area contributed by atoms with E-state index < -0.39 is 10.0 Å². The zero-order valence-corrected chi connectivity index (χ0v) is 15.1. The zero-order valence-electron chi connectivity index (χ0n) is 14.3. The van der Waals surface area contributed by atoms with Gasteiger partial charge in [0.15, 0.2) is 0 Å². The number of hydrogen-bond acceptors (Lipinski definition) is 7. The van der Waals surface area contributed by atoms with Crippen LogP contribution in [0, 0.1) is 13.8 Å². The number of anilines is 1. The van der Waals surface area contributed by atoms with Gasteiger partial charge in [0.25, 0.3) is 5.95 Å². The molecule has 3 rings (SSSR count). The highest BCUT2D eigenvalue weighted by Crippen LogP contribution is 2.31. The van der Waals surface area contributed by atoms with Crippen molar-refractivity contribution in [3.05, 3.63) is 17.3 Å². The molecule has 0 amide bonds. The van der Waals surface area contributed by atoms with Crippen LogP contribution in [-0.4, -0.2) is 60.2 Å². The normalized spacial score (nSPS) is 17.3. The number of aromatic nitrogens is 4. The Bertz CT molecular complexity index is 798. The van der Waals surface area contributed by atoms with Crippen molar-refractivity contribution < 1.29 is 12.9 Å². The molecule has 0 aliphatic carbocycles. The van der Waals surface area contributed by atoms with Crippen molar-refractivity contribution >= 4 is 16.0 Å². The molecule has 0 radical (unpaired) electrons. The van der Waals surface area contributed by atoms with Crippen LogP contribution in [0.4, 0.5) is 5.95 Å². The summed E-state index contributed by atoms with van der Waals surface area (Å²) in [6, 6.07) is 0. The summed E-state index contributed by atoms with van der Waals surface area (Å²) in [6.07, 6.45) is 1.31. The van der Waals surface area contributed by atoms with Crippen molar-refractivity contribution in [1.82, 2.24) is 24.6 Å². The van der Waals surface area contributed by atoms with E-state index in [9.17, 15) is 8.42 Å². The maximum absolute atomic E-state index is 12.8. The van der Waals surface area contributed by atoms with Gasteiger partial charge in [0, 0.05) is 33.1 Å². The smallest absolute Gasteiger partial charge is 0.265 e. The highest BCUT2D eigenvalue weighted by Gasteiger charge is 2.34. The van der Waals surface area contributed by atoms with Crippen molar-refractivity contribution in [3.8, 4) is 0 Å². The highest BCUT2D eigenvalue weighted by molar-refractivity contribution is 7.89. The second kappa shape index (κ2) is 6.17. The Balaban J connectivity index is 1.72. The number of nitrogens with zero attached hydrogens (tertiary/aromatic N) is 5. The van der Waals surface area contributed by atoms with Gasteiger partial charge in [-0.15, -0.1) is 0 Å². The summed E-state index contributed by atoms with van der Waals surface area (Å²) in [5, 5.41) is 10.6. The average Bonchev–Trinajstić information content (AvgIpc) is 3.15. The van der Waals surface area contributed by atoms with Crippen LogP contribution >= 0.6 is 0 Å². The summed E-state index contributed by atoms with van der Waals surface area (Å²) in [4.78, 5) is 6.42.